The Morgan fingerprint density at radius 2 is 1.80 bits per heavy atom. The fourth-order valence-corrected chi connectivity index (χ4v) is 1.04. The van der Waals surface area contributed by atoms with Crippen LogP contribution in [0.4, 0.5) is 0 Å². The molecule has 15 heavy (non-hydrogen) atoms. The fourth-order valence-electron chi connectivity index (χ4n) is 1.04. The molecule has 0 saturated heterocycles. The van der Waals surface area contributed by atoms with Crippen LogP contribution in [-0.4, -0.2) is 27.9 Å². The lowest BCUT2D eigenvalue weighted by molar-refractivity contribution is -0.148. The summed E-state index contributed by atoms with van der Waals surface area (Å²) < 4.78 is 0. The van der Waals surface area contributed by atoms with Crippen LogP contribution < -0.4 is 0 Å². The molecule has 0 aliphatic carbocycles. The van der Waals surface area contributed by atoms with Crippen molar-refractivity contribution in [1.82, 2.24) is 0 Å². The van der Waals surface area contributed by atoms with Crippen LogP contribution in [0.25, 0.3) is 0 Å². The number of ketones is 1. The van der Waals surface area contributed by atoms with Crippen LogP contribution in [0.1, 0.15) is 26.2 Å². The van der Waals surface area contributed by atoms with Gasteiger partial charge in [0.15, 0.2) is 5.78 Å². The first-order chi connectivity index (χ1) is 6.84. The van der Waals surface area contributed by atoms with E-state index in [4.69, 9.17) is 10.2 Å². The zero-order valence-corrected chi connectivity index (χ0v) is 8.52. The number of carbonyl (C=O) groups excluding carboxylic acids is 1. The van der Waals surface area contributed by atoms with Crippen LogP contribution in [0, 0.1) is 5.92 Å². The highest BCUT2D eigenvalue weighted by Crippen LogP contribution is 2.13. The predicted octanol–water partition coefficient (Wildman–Crippen LogP) is 1.09. The second-order valence-corrected chi connectivity index (χ2v) is 3.38. The number of Topliss-reactive ketones (excluding diaryl/α,β-unsaturated/α-hetero) is 1. The van der Waals surface area contributed by atoms with Crippen molar-refractivity contribution in [2.45, 2.75) is 26.2 Å². The van der Waals surface area contributed by atoms with E-state index in [1.807, 2.05) is 0 Å². The molecule has 84 valence electrons. The van der Waals surface area contributed by atoms with E-state index in [2.05, 4.69) is 6.58 Å². The summed E-state index contributed by atoms with van der Waals surface area (Å²) in [4.78, 5) is 32.1. The lowest BCUT2D eigenvalue weighted by Crippen LogP contribution is -2.19. The number of hydrogen-bond donors (Lipinski definition) is 2. The molecule has 0 saturated carbocycles. The van der Waals surface area contributed by atoms with Gasteiger partial charge in [-0.1, -0.05) is 6.58 Å². The highest BCUT2D eigenvalue weighted by atomic mass is 16.4. The van der Waals surface area contributed by atoms with Crippen LogP contribution in [0.2, 0.25) is 0 Å². The van der Waals surface area contributed by atoms with E-state index >= 15 is 0 Å². The highest BCUT2D eigenvalue weighted by Gasteiger charge is 2.21. The number of allylic oxidation sites excluding steroid dienone is 1. The summed E-state index contributed by atoms with van der Waals surface area (Å²) in [6.45, 7) is 4.96. The third kappa shape index (κ3) is 5.61. The van der Waals surface area contributed by atoms with E-state index in [-0.39, 0.29) is 18.6 Å². The van der Waals surface area contributed by atoms with Gasteiger partial charge >= 0.3 is 11.9 Å². The quantitative estimate of drug-likeness (QED) is 0.619. The van der Waals surface area contributed by atoms with Crippen LogP contribution in [0.3, 0.4) is 0 Å². The molecule has 1 unspecified atom stereocenters. The summed E-state index contributed by atoms with van der Waals surface area (Å²) >= 11 is 0. The third-order valence-corrected chi connectivity index (χ3v) is 1.97. The number of hydrogen-bond acceptors (Lipinski definition) is 3. The Kier molecular flexibility index (Phi) is 5.30. The minimum Gasteiger partial charge on any atom is -0.481 e. The predicted molar refractivity (Wildman–Crippen MR) is 52.4 cm³/mol. The molecule has 5 heteroatoms. The first-order valence-corrected chi connectivity index (χ1v) is 4.48. The summed E-state index contributed by atoms with van der Waals surface area (Å²) in [5.74, 6) is -3.60. The lowest BCUT2D eigenvalue weighted by atomic mass is 9.97. The van der Waals surface area contributed by atoms with E-state index in [9.17, 15) is 14.4 Å². The second-order valence-electron chi connectivity index (χ2n) is 3.38. The van der Waals surface area contributed by atoms with Gasteiger partial charge in [-0.2, -0.15) is 0 Å². The van der Waals surface area contributed by atoms with Gasteiger partial charge in [0.2, 0.25) is 0 Å². The largest absolute Gasteiger partial charge is 0.481 e. The normalized spacial score (nSPS) is 11.8. The Morgan fingerprint density at radius 1 is 1.27 bits per heavy atom. The molecule has 0 radical (unpaired) electrons. The summed E-state index contributed by atoms with van der Waals surface area (Å²) in [7, 11) is 0. The van der Waals surface area contributed by atoms with Gasteiger partial charge in [0.05, 0.1) is 12.3 Å². The van der Waals surface area contributed by atoms with Gasteiger partial charge in [-0.3, -0.25) is 14.4 Å². The summed E-state index contributed by atoms with van der Waals surface area (Å²) in [6.07, 6.45) is -0.397. The van der Waals surface area contributed by atoms with Gasteiger partial charge in [0, 0.05) is 6.42 Å². The average Bonchev–Trinajstić information content (AvgIpc) is 2.10. The smallest absolute Gasteiger partial charge is 0.307 e. The number of carbonyl (C=O) groups is 3. The zero-order chi connectivity index (χ0) is 12.0. The summed E-state index contributed by atoms with van der Waals surface area (Å²) in [5, 5.41) is 17.1. The molecule has 0 rings (SSSR count). The first kappa shape index (κ1) is 13.4. The van der Waals surface area contributed by atoms with Crippen molar-refractivity contribution in [3.8, 4) is 0 Å². The molecular formula is C10H14O5. The average molecular weight is 214 g/mol. The maximum absolute atomic E-state index is 11.1. The molecule has 0 fully saturated rings. The van der Waals surface area contributed by atoms with E-state index in [0.717, 1.165) is 0 Å². The summed E-state index contributed by atoms with van der Waals surface area (Å²) in [5.41, 5.74) is 0.356. The van der Waals surface area contributed by atoms with Crippen molar-refractivity contribution >= 4 is 17.7 Å². The van der Waals surface area contributed by atoms with Crippen LogP contribution >= 0.6 is 0 Å². The monoisotopic (exact) mass is 214 g/mol. The number of aliphatic carboxylic acids is 2. The minimum atomic E-state index is -1.19. The highest BCUT2D eigenvalue weighted by molar-refractivity contribution is 5.94. The molecule has 0 aromatic heterocycles. The third-order valence-electron chi connectivity index (χ3n) is 1.97. The minimum absolute atomic E-state index is 0.0274. The lowest BCUT2D eigenvalue weighted by Gasteiger charge is -2.08. The van der Waals surface area contributed by atoms with Crippen molar-refractivity contribution in [3.05, 3.63) is 12.2 Å². The molecule has 0 amide bonds. The molecule has 0 bridgehead atoms. The Bertz CT molecular complexity index is 292. The molecule has 2 N–H and O–H groups in total. The maximum Gasteiger partial charge on any atom is 0.307 e. The molecular weight excluding hydrogens is 200 g/mol. The van der Waals surface area contributed by atoms with Gasteiger partial charge in [-0.15, -0.1) is 0 Å². The molecule has 0 aliphatic heterocycles. The van der Waals surface area contributed by atoms with E-state index < -0.39 is 24.3 Å². The first-order valence-electron chi connectivity index (χ1n) is 4.48. The fraction of sp³-hybridized carbons (Fsp3) is 0.500. The van der Waals surface area contributed by atoms with Crippen LogP contribution in [0.15, 0.2) is 12.2 Å². The van der Waals surface area contributed by atoms with Crippen LogP contribution in [0.5, 0.6) is 0 Å². The Morgan fingerprint density at radius 3 is 2.13 bits per heavy atom. The van der Waals surface area contributed by atoms with Crippen molar-refractivity contribution in [2.75, 3.05) is 0 Å². The zero-order valence-electron chi connectivity index (χ0n) is 8.52. The number of carboxylic acids is 2. The molecule has 0 aromatic rings. The molecule has 0 spiro atoms. The summed E-state index contributed by atoms with van der Waals surface area (Å²) in [6, 6.07) is 0. The molecule has 0 aromatic carbocycles. The number of carboxylic acid groups (broad SMARTS) is 2. The van der Waals surface area contributed by atoms with E-state index in [1.54, 1.807) is 0 Å². The van der Waals surface area contributed by atoms with Crippen molar-refractivity contribution < 1.29 is 24.6 Å². The van der Waals surface area contributed by atoms with Gasteiger partial charge in [-0.25, -0.2) is 0 Å². The van der Waals surface area contributed by atoms with Gasteiger partial charge in [0.25, 0.3) is 0 Å². The standard InChI is InChI=1S/C10H14O5/c1-6(2)8(11)4-3-7(10(14)15)5-9(12)13/h7H,1,3-5H2,2H3,(H,12,13)(H,14,15). The maximum atomic E-state index is 11.1. The second kappa shape index (κ2) is 5.95. The molecule has 1 atom stereocenters. The molecule has 5 nitrogen and oxygen atoms in total. The molecule has 0 heterocycles. The van der Waals surface area contributed by atoms with Gasteiger partial charge in [-0.05, 0) is 18.9 Å². The Labute approximate surface area is 87.4 Å². The van der Waals surface area contributed by atoms with Gasteiger partial charge in [0.1, 0.15) is 0 Å². The van der Waals surface area contributed by atoms with Crippen molar-refractivity contribution in [2.24, 2.45) is 5.92 Å². The molecule has 0 aliphatic rings. The van der Waals surface area contributed by atoms with Crippen molar-refractivity contribution in [3.63, 3.8) is 0 Å². The topological polar surface area (TPSA) is 91.7 Å². The Balaban J connectivity index is 4.19. The van der Waals surface area contributed by atoms with E-state index in [0.29, 0.717) is 5.57 Å². The van der Waals surface area contributed by atoms with Gasteiger partial charge < -0.3 is 10.2 Å². The van der Waals surface area contributed by atoms with E-state index in [1.165, 1.54) is 6.92 Å². The van der Waals surface area contributed by atoms with Crippen LogP contribution in [-0.2, 0) is 14.4 Å². The van der Waals surface area contributed by atoms with Crippen molar-refractivity contribution in [1.29, 1.82) is 0 Å². The number of rotatable bonds is 7. The Hall–Kier alpha value is -1.65. The SMILES string of the molecule is C=C(C)C(=O)CCC(CC(=O)O)C(=O)O.